The first-order valence-corrected chi connectivity index (χ1v) is 8.75. The molecule has 132 valence electrons. The summed E-state index contributed by atoms with van der Waals surface area (Å²) in [6.07, 6.45) is 3.24. The average Bonchev–Trinajstić information content (AvgIpc) is 2.63. The fourth-order valence-electron chi connectivity index (χ4n) is 2.44. The quantitative estimate of drug-likeness (QED) is 0.803. The van der Waals surface area contributed by atoms with Crippen LogP contribution in [0.5, 0.6) is 0 Å². The number of amides is 2. The number of benzene rings is 1. The molecule has 0 atom stereocenters. The Balaban J connectivity index is 2.15. The maximum Gasteiger partial charge on any atom is 0.272 e. The molecule has 1 aromatic carbocycles. The first-order valence-electron chi connectivity index (χ1n) is 8.37. The van der Waals surface area contributed by atoms with Crippen LogP contribution in [-0.4, -0.2) is 34.8 Å². The number of aromatic nitrogens is 1. The largest absolute Gasteiger partial charge is 0.337 e. The minimum absolute atomic E-state index is 0.148. The van der Waals surface area contributed by atoms with Gasteiger partial charge in [-0.1, -0.05) is 25.4 Å². The van der Waals surface area contributed by atoms with Crippen LogP contribution in [0.1, 0.15) is 47.5 Å². The molecule has 2 rings (SSSR count). The number of carbonyl (C=O) groups excluding carboxylic acids is 2. The first kappa shape index (κ1) is 18.9. The summed E-state index contributed by atoms with van der Waals surface area (Å²) in [4.78, 5) is 30.9. The molecule has 0 aliphatic rings. The van der Waals surface area contributed by atoms with E-state index in [0.29, 0.717) is 29.4 Å². The van der Waals surface area contributed by atoms with Gasteiger partial charge in [0.15, 0.2) is 0 Å². The van der Waals surface area contributed by atoms with Crippen molar-refractivity contribution >= 4 is 29.1 Å². The molecule has 0 aliphatic carbocycles. The van der Waals surface area contributed by atoms with Crippen molar-refractivity contribution in [1.82, 2.24) is 9.88 Å². The van der Waals surface area contributed by atoms with Crippen LogP contribution in [0.15, 0.2) is 42.6 Å². The number of halogens is 1. The highest BCUT2D eigenvalue weighted by Gasteiger charge is 2.17. The third kappa shape index (κ3) is 5.29. The Morgan fingerprint density at radius 3 is 2.32 bits per heavy atom. The van der Waals surface area contributed by atoms with E-state index in [1.54, 1.807) is 35.2 Å². The van der Waals surface area contributed by atoms with E-state index in [1.165, 1.54) is 12.3 Å². The van der Waals surface area contributed by atoms with E-state index >= 15 is 0 Å². The molecule has 1 aromatic heterocycles. The van der Waals surface area contributed by atoms with Crippen LogP contribution in [0.25, 0.3) is 0 Å². The molecule has 6 heteroatoms. The number of pyridine rings is 1. The minimum atomic E-state index is -0.295. The molecule has 0 bridgehead atoms. The Morgan fingerprint density at radius 2 is 1.72 bits per heavy atom. The first-order chi connectivity index (χ1) is 12.0. The van der Waals surface area contributed by atoms with Gasteiger partial charge in [-0.2, -0.15) is 0 Å². The number of carbonyl (C=O) groups is 2. The van der Waals surface area contributed by atoms with Crippen LogP contribution in [0, 0.1) is 0 Å². The second-order valence-electron chi connectivity index (χ2n) is 5.68. The molecule has 0 fully saturated rings. The Hall–Kier alpha value is -2.40. The molecule has 5 nitrogen and oxygen atoms in total. The lowest BCUT2D eigenvalue weighted by Gasteiger charge is -2.21. The molecule has 2 amide bonds. The molecule has 1 N–H and O–H groups in total. The zero-order valence-corrected chi connectivity index (χ0v) is 15.2. The minimum Gasteiger partial charge on any atom is -0.337 e. The number of nitrogens with zero attached hydrogens (tertiary/aromatic N) is 2. The van der Waals surface area contributed by atoms with Crippen molar-refractivity contribution in [1.29, 1.82) is 0 Å². The molecule has 0 radical (unpaired) electrons. The molecule has 0 saturated heterocycles. The van der Waals surface area contributed by atoms with Crippen molar-refractivity contribution in [3.8, 4) is 0 Å². The van der Waals surface area contributed by atoms with Crippen molar-refractivity contribution < 1.29 is 9.59 Å². The van der Waals surface area contributed by atoms with Crippen LogP contribution in [-0.2, 0) is 0 Å². The van der Waals surface area contributed by atoms with Crippen LogP contribution >= 0.6 is 11.6 Å². The van der Waals surface area contributed by atoms with E-state index in [4.69, 9.17) is 11.6 Å². The number of hydrogen-bond donors (Lipinski definition) is 1. The zero-order valence-electron chi connectivity index (χ0n) is 14.5. The van der Waals surface area contributed by atoms with Crippen LogP contribution in [0.2, 0.25) is 5.02 Å². The van der Waals surface area contributed by atoms with Gasteiger partial charge < -0.3 is 10.2 Å². The standard InChI is InChI=1S/C19H22ClN3O2/c1-3-11-23(12-4-2)19(25)17-13-14(9-10-21-17)18(24)22-16-7-5-15(20)6-8-16/h5-10,13H,3-4,11-12H2,1-2H3,(H,22,24). The van der Waals surface area contributed by atoms with E-state index in [9.17, 15) is 9.59 Å². The second kappa shape index (κ2) is 9.18. The van der Waals surface area contributed by atoms with Crippen LogP contribution in [0.3, 0.4) is 0 Å². The van der Waals surface area contributed by atoms with Gasteiger partial charge in [-0.05, 0) is 49.2 Å². The van der Waals surface area contributed by atoms with Crippen molar-refractivity contribution in [3.05, 3.63) is 58.9 Å². The highest BCUT2D eigenvalue weighted by molar-refractivity contribution is 6.30. The van der Waals surface area contributed by atoms with Crippen LogP contribution < -0.4 is 5.32 Å². The van der Waals surface area contributed by atoms with Gasteiger partial charge in [-0.25, -0.2) is 0 Å². The van der Waals surface area contributed by atoms with Gasteiger partial charge in [-0.3, -0.25) is 14.6 Å². The van der Waals surface area contributed by atoms with Gasteiger partial charge in [-0.15, -0.1) is 0 Å². The van der Waals surface area contributed by atoms with Gasteiger partial charge in [0.05, 0.1) is 0 Å². The molecular formula is C19H22ClN3O2. The van der Waals surface area contributed by atoms with E-state index in [0.717, 1.165) is 12.8 Å². The topological polar surface area (TPSA) is 62.3 Å². The molecule has 0 unspecified atom stereocenters. The summed E-state index contributed by atoms with van der Waals surface area (Å²) < 4.78 is 0. The van der Waals surface area contributed by atoms with Gasteiger partial charge in [0.25, 0.3) is 11.8 Å². The number of rotatable bonds is 7. The summed E-state index contributed by atoms with van der Waals surface area (Å²) in [5.74, 6) is -0.443. The summed E-state index contributed by atoms with van der Waals surface area (Å²) in [5.41, 5.74) is 1.31. The summed E-state index contributed by atoms with van der Waals surface area (Å²) in [5, 5.41) is 3.38. The lowest BCUT2D eigenvalue weighted by molar-refractivity contribution is 0.0749. The molecule has 2 aromatic rings. The van der Waals surface area contributed by atoms with Crippen molar-refractivity contribution in [2.75, 3.05) is 18.4 Å². The lowest BCUT2D eigenvalue weighted by atomic mass is 10.2. The monoisotopic (exact) mass is 359 g/mol. The molecule has 0 aliphatic heterocycles. The fraction of sp³-hybridized carbons (Fsp3) is 0.316. The van der Waals surface area contributed by atoms with Gasteiger partial charge in [0, 0.05) is 35.6 Å². The predicted octanol–water partition coefficient (Wildman–Crippen LogP) is 4.25. The molecule has 0 saturated carbocycles. The normalized spacial score (nSPS) is 10.4. The predicted molar refractivity (Wildman–Crippen MR) is 100 cm³/mol. The zero-order chi connectivity index (χ0) is 18.2. The molecular weight excluding hydrogens is 338 g/mol. The van der Waals surface area contributed by atoms with E-state index in [2.05, 4.69) is 10.3 Å². The highest BCUT2D eigenvalue weighted by Crippen LogP contribution is 2.15. The second-order valence-corrected chi connectivity index (χ2v) is 6.12. The third-order valence-electron chi connectivity index (χ3n) is 3.62. The number of nitrogens with one attached hydrogen (secondary N) is 1. The Labute approximate surface area is 153 Å². The van der Waals surface area contributed by atoms with Gasteiger partial charge in [0.2, 0.25) is 0 Å². The lowest BCUT2D eigenvalue weighted by Crippen LogP contribution is -2.33. The maximum absolute atomic E-state index is 12.6. The van der Waals surface area contributed by atoms with Gasteiger partial charge >= 0.3 is 0 Å². The Morgan fingerprint density at radius 1 is 1.08 bits per heavy atom. The van der Waals surface area contributed by atoms with Crippen molar-refractivity contribution in [2.24, 2.45) is 0 Å². The summed E-state index contributed by atoms with van der Waals surface area (Å²) in [6.45, 7) is 5.41. The fourth-order valence-corrected chi connectivity index (χ4v) is 2.57. The highest BCUT2D eigenvalue weighted by atomic mass is 35.5. The van der Waals surface area contributed by atoms with E-state index < -0.39 is 0 Å². The summed E-state index contributed by atoms with van der Waals surface area (Å²) in [7, 11) is 0. The smallest absolute Gasteiger partial charge is 0.272 e. The summed E-state index contributed by atoms with van der Waals surface area (Å²) >= 11 is 5.84. The van der Waals surface area contributed by atoms with Crippen LogP contribution in [0.4, 0.5) is 5.69 Å². The van der Waals surface area contributed by atoms with E-state index in [-0.39, 0.29) is 17.5 Å². The molecule has 1 heterocycles. The molecule has 0 spiro atoms. The SMILES string of the molecule is CCCN(CCC)C(=O)c1cc(C(=O)Nc2ccc(Cl)cc2)ccn1. The van der Waals surface area contributed by atoms with Gasteiger partial charge in [0.1, 0.15) is 5.69 Å². The maximum atomic E-state index is 12.6. The van der Waals surface area contributed by atoms with E-state index in [1.807, 2.05) is 13.8 Å². The summed E-state index contributed by atoms with van der Waals surface area (Å²) in [6, 6.07) is 9.96. The molecule has 25 heavy (non-hydrogen) atoms. The van der Waals surface area contributed by atoms with Crippen molar-refractivity contribution in [2.45, 2.75) is 26.7 Å². The van der Waals surface area contributed by atoms with Crippen molar-refractivity contribution in [3.63, 3.8) is 0 Å². The third-order valence-corrected chi connectivity index (χ3v) is 3.87. The Kier molecular flexibility index (Phi) is 6.95. The Bertz CT molecular complexity index is 726. The average molecular weight is 360 g/mol. The number of anilines is 1. The number of hydrogen-bond acceptors (Lipinski definition) is 3.